The molecular weight excluding hydrogens is 248 g/mol. The van der Waals surface area contributed by atoms with Gasteiger partial charge >= 0.3 is 0 Å². The fraction of sp³-hybridized carbons (Fsp3) is 0.600. The average Bonchev–Trinajstić information content (AvgIpc) is 2.39. The molecule has 2 nitrogen and oxygen atoms in total. The van der Waals surface area contributed by atoms with E-state index in [1.54, 1.807) is 12.1 Å². The molecule has 0 heterocycles. The van der Waals surface area contributed by atoms with Gasteiger partial charge in [-0.05, 0) is 37.3 Å². The van der Waals surface area contributed by atoms with Gasteiger partial charge in [-0.3, -0.25) is 0 Å². The van der Waals surface area contributed by atoms with Gasteiger partial charge in [-0.1, -0.05) is 30.7 Å². The van der Waals surface area contributed by atoms with Crippen molar-refractivity contribution in [3.05, 3.63) is 35.4 Å². The van der Waals surface area contributed by atoms with Gasteiger partial charge < -0.3 is 10.4 Å². The Balaban J connectivity index is 1.73. The van der Waals surface area contributed by atoms with Gasteiger partial charge in [0.25, 0.3) is 6.43 Å². The van der Waals surface area contributed by atoms with Crippen molar-refractivity contribution >= 4 is 0 Å². The largest absolute Gasteiger partial charge is 0.393 e. The van der Waals surface area contributed by atoms with Crippen LogP contribution in [0, 0.1) is 5.92 Å². The van der Waals surface area contributed by atoms with Gasteiger partial charge in [-0.15, -0.1) is 0 Å². The van der Waals surface area contributed by atoms with Gasteiger partial charge in [-0.2, -0.15) is 0 Å². The smallest absolute Gasteiger partial charge is 0.263 e. The minimum absolute atomic E-state index is 0.0687. The molecule has 106 valence electrons. The number of aliphatic hydroxyl groups is 1. The Hall–Kier alpha value is -1.00. The molecule has 1 aliphatic carbocycles. The van der Waals surface area contributed by atoms with Gasteiger partial charge in [0.05, 0.1) is 6.10 Å². The molecule has 1 aromatic carbocycles. The van der Waals surface area contributed by atoms with Crippen molar-refractivity contribution in [3.63, 3.8) is 0 Å². The Morgan fingerprint density at radius 2 is 1.95 bits per heavy atom. The van der Waals surface area contributed by atoms with Crippen LogP contribution in [0.15, 0.2) is 24.3 Å². The van der Waals surface area contributed by atoms with Gasteiger partial charge in [-0.25, -0.2) is 8.78 Å². The molecule has 1 fully saturated rings. The predicted octanol–water partition coefficient (Wildman–Crippen LogP) is 3.26. The molecule has 0 amide bonds. The first-order valence-electron chi connectivity index (χ1n) is 6.91. The van der Waals surface area contributed by atoms with Crippen LogP contribution in [0.3, 0.4) is 0 Å². The lowest BCUT2D eigenvalue weighted by atomic mass is 9.87. The monoisotopic (exact) mass is 269 g/mol. The Kier molecular flexibility index (Phi) is 5.28. The first kappa shape index (κ1) is 14.4. The van der Waals surface area contributed by atoms with E-state index in [4.69, 9.17) is 0 Å². The second-order valence-electron chi connectivity index (χ2n) is 5.36. The maximum absolute atomic E-state index is 12.4. The molecule has 0 aromatic heterocycles. The topological polar surface area (TPSA) is 32.3 Å². The van der Waals surface area contributed by atoms with E-state index in [2.05, 4.69) is 5.32 Å². The molecule has 1 saturated carbocycles. The second kappa shape index (κ2) is 6.96. The zero-order valence-electron chi connectivity index (χ0n) is 11.0. The first-order chi connectivity index (χ1) is 9.15. The molecule has 19 heavy (non-hydrogen) atoms. The number of rotatable bonds is 5. The second-order valence-corrected chi connectivity index (χ2v) is 5.36. The van der Waals surface area contributed by atoms with Crippen LogP contribution < -0.4 is 5.32 Å². The minimum Gasteiger partial charge on any atom is -0.393 e. The summed E-state index contributed by atoms with van der Waals surface area (Å²) in [5.74, 6) is 0.532. The highest BCUT2D eigenvalue weighted by Crippen LogP contribution is 2.23. The molecule has 0 spiro atoms. The quantitative estimate of drug-likeness (QED) is 0.860. The van der Waals surface area contributed by atoms with Crippen molar-refractivity contribution in [2.45, 2.75) is 44.8 Å². The van der Waals surface area contributed by atoms with Crippen LogP contribution in [-0.2, 0) is 6.54 Å². The van der Waals surface area contributed by atoms with Gasteiger partial charge in [0.15, 0.2) is 0 Å². The van der Waals surface area contributed by atoms with Crippen LogP contribution in [0.1, 0.15) is 43.2 Å². The Morgan fingerprint density at radius 1 is 1.21 bits per heavy atom. The third-order valence-corrected chi connectivity index (χ3v) is 3.75. The molecule has 2 unspecified atom stereocenters. The van der Waals surface area contributed by atoms with E-state index in [0.29, 0.717) is 12.5 Å². The maximum atomic E-state index is 12.4. The van der Waals surface area contributed by atoms with Gasteiger partial charge in [0.2, 0.25) is 0 Å². The van der Waals surface area contributed by atoms with Crippen molar-refractivity contribution < 1.29 is 13.9 Å². The lowest BCUT2D eigenvalue weighted by Crippen LogP contribution is -2.28. The number of alkyl halides is 2. The Bertz CT molecular complexity index is 380. The third kappa shape index (κ3) is 4.55. The van der Waals surface area contributed by atoms with Crippen LogP contribution in [0.25, 0.3) is 0 Å². The summed E-state index contributed by atoms with van der Waals surface area (Å²) in [6.45, 7) is 1.57. The molecule has 2 atom stereocenters. The molecule has 0 aliphatic heterocycles. The number of hydrogen-bond donors (Lipinski definition) is 2. The Labute approximate surface area is 112 Å². The molecule has 1 aliphatic rings. The SMILES string of the molecule is OC1CCCC(CNCc2ccc(C(F)F)cc2)C1. The van der Waals surface area contributed by atoms with Crippen molar-refractivity contribution in [2.75, 3.05) is 6.54 Å². The van der Waals surface area contributed by atoms with E-state index >= 15 is 0 Å². The fourth-order valence-corrected chi connectivity index (χ4v) is 2.65. The zero-order chi connectivity index (χ0) is 13.7. The highest BCUT2D eigenvalue weighted by atomic mass is 19.3. The maximum Gasteiger partial charge on any atom is 0.263 e. The van der Waals surface area contributed by atoms with E-state index in [1.807, 2.05) is 0 Å². The molecule has 0 bridgehead atoms. The highest BCUT2D eigenvalue weighted by molar-refractivity contribution is 5.23. The van der Waals surface area contributed by atoms with Crippen molar-refractivity contribution in [2.24, 2.45) is 5.92 Å². The number of nitrogens with one attached hydrogen (secondary N) is 1. The van der Waals surface area contributed by atoms with Crippen molar-refractivity contribution in [1.29, 1.82) is 0 Å². The van der Waals surface area contributed by atoms with Crippen LogP contribution >= 0.6 is 0 Å². The summed E-state index contributed by atoms with van der Waals surface area (Å²) in [7, 11) is 0. The number of hydrogen-bond acceptors (Lipinski definition) is 2. The average molecular weight is 269 g/mol. The van der Waals surface area contributed by atoms with Gasteiger partial charge in [0, 0.05) is 12.1 Å². The normalized spacial score (nSPS) is 23.8. The molecule has 1 aromatic rings. The lowest BCUT2D eigenvalue weighted by Gasteiger charge is -2.26. The first-order valence-corrected chi connectivity index (χ1v) is 6.91. The third-order valence-electron chi connectivity index (χ3n) is 3.75. The van der Waals surface area contributed by atoms with Crippen LogP contribution in [0.5, 0.6) is 0 Å². The van der Waals surface area contributed by atoms with Gasteiger partial charge in [0.1, 0.15) is 0 Å². The molecule has 4 heteroatoms. The van der Waals surface area contributed by atoms with E-state index in [9.17, 15) is 13.9 Å². The lowest BCUT2D eigenvalue weighted by molar-refractivity contribution is 0.101. The molecule has 0 radical (unpaired) electrons. The highest BCUT2D eigenvalue weighted by Gasteiger charge is 2.19. The summed E-state index contributed by atoms with van der Waals surface area (Å²) in [6, 6.07) is 6.44. The standard InChI is InChI=1S/C15H21F2NO/c16-15(17)13-6-4-11(5-7-13)9-18-10-12-2-1-3-14(19)8-12/h4-7,12,14-15,18-19H,1-3,8-10H2. The molecular formula is C15H21F2NO. The summed E-state index contributed by atoms with van der Waals surface area (Å²) < 4.78 is 24.8. The fourth-order valence-electron chi connectivity index (χ4n) is 2.65. The van der Waals surface area contributed by atoms with E-state index in [0.717, 1.165) is 37.8 Å². The number of benzene rings is 1. The number of aliphatic hydroxyl groups excluding tert-OH is 1. The Morgan fingerprint density at radius 3 is 2.58 bits per heavy atom. The van der Waals surface area contributed by atoms with Crippen LogP contribution in [-0.4, -0.2) is 17.8 Å². The van der Waals surface area contributed by atoms with E-state index < -0.39 is 6.43 Å². The van der Waals surface area contributed by atoms with Crippen LogP contribution in [0.4, 0.5) is 8.78 Å². The van der Waals surface area contributed by atoms with Crippen LogP contribution in [0.2, 0.25) is 0 Å². The van der Waals surface area contributed by atoms with E-state index in [1.165, 1.54) is 12.1 Å². The predicted molar refractivity (Wildman–Crippen MR) is 71.1 cm³/mol. The zero-order valence-corrected chi connectivity index (χ0v) is 11.0. The van der Waals surface area contributed by atoms with E-state index in [-0.39, 0.29) is 11.7 Å². The molecule has 2 rings (SSSR count). The summed E-state index contributed by atoms with van der Waals surface area (Å²) in [5.41, 5.74) is 1.08. The van der Waals surface area contributed by atoms with Crippen molar-refractivity contribution in [3.8, 4) is 0 Å². The summed E-state index contributed by atoms with van der Waals surface area (Å²) in [4.78, 5) is 0. The summed E-state index contributed by atoms with van der Waals surface area (Å²) in [6.07, 6.45) is 1.50. The van der Waals surface area contributed by atoms with Crippen molar-refractivity contribution in [1.82, 2.24) is 5.32 Å². The summed E-state index contributed by atoms with van der Waals surface area (Å²) >= 11 is 0. The number of halogens is 2. The minimum atomic E-state index is -2.40. The molecule has 2 N–H and O–H groups in total. The molecule has 0 saturated heterocycles. The summed E-state index contributed by atoms with van der Waals surface area (Å²) in [5, 5.41) is 12.9.